The first-order chi connectivity index (χ1) is 9.08. The summed E-state index contributed by atoms with van der Waals surface area (Å²) >= 11 is 6.70. The standard InChI is InChI=1S/C13H16N4S2/c1-8-5-9(2)17-13(11(8)12(14)18)15-4-3-10-6-19-7-16-10/h5-7H,3-4H2,1-2H3,(H2,14,18)(H,15,17). The molecule has 0 aromatic carbocycles. The summed E-state index contributed by atoms with van der Waals surface area (Å²) < 4.78 is 0. The molecule has 19 heavy (non-hydrogen) atoms. The first-order valence-corrected chi connectivity index (χ1v) is 7.32. The molecule has 0 unspecified atom stereocenters. The fourth-order valence-corrected chi connectivity index (χ4v) is 2.80. The van der Waals surface area contributed by atoms with Gasteiger partial charge in [0.25, 0.3) is 0 Å². The van der Waals surface area contributed by atoms with Crippen LogP contribution in [0.15, 0.2) is 17.0 Å². The molecule has 2 rings (SSSR count). The van der Waals surface area contributed by atoms with Crippen molar-refractivity contribution in [1.82, 2.24) is 9.97 Å². The third kappa shape index (κ3) is 3.48. The van der Waals surface area contributed by atoms with Crippen molar-refractivity contribution >= 4 is 34.4 Å². The summed E-state index contributed by atoms with van der Waals surface area (Å²) in [5.74, 6) is 0.764. The van der Waals surface area contributed by atoms with Gasteiger partial charge in [0.05, 0.1) is 16.8 Å². The van der Waals surface area contributed by atoms with Gasteiger partial charge in [0.15, 0.2) is 0 Å². The molecule has 0 saturated carbocycles. The highest BCUT2D eigenvalue weighted by Gasteiger charge is 2.11. The predicted octanol–water partition coefficient (Wildman–Crippen LogP) is 2.44. The third-order valence-corrected chi connectivity index (χ3v) is 3.59. The van der Waals surface area contributed by atoms with Crippen molar-refractivity contribution in [3.8, 4) is 0 Å². The van der Waals surface area contributed by atoms with Crippen LogP contribution in [0.2, 0.25) is 0 Å². The fraction of sp³-hybridized carbons (Fsp3) is 0.308. The maximum Gasteiger partial charge on any atom is 0.136 e. The summed E-state index contributed by atoms with van der Waals surface area (Å²) in [5.41, 5.74) is 11.5. The van der Waals surface area contributed by atoms with Gasteiger partial charge in [-0.05, 0) is 25.5 Å². The van der Waals surface area contributed by atoms with E-state index in [1.165, 1.54) is 0 Å². The number of rotatable bonds is 5. The second kappa shape index (κ2) is 6.08. The molecule has 0 aliphatic carbocycles. The number of pyridine rings is 1. The molecule has 0 amide bonds. The summed E-state index contributed by atoms with van der Waals surface area (Å²) in [5, 5.41) is 5.35. The molecule has 0 spiro atoms. The van der Waals surface area contributed by atoms with E-state index in [-0.39, 0.29) is 0 Å². The van der Waals surface area contributed by atoms with Crippen molar-refractivity contribution in [2.45, 2.75) is 20.3 Å². The molecule has 0 bridgehead atoms. The van der Waals surface area contributed by atoms with Crippen LogP contribution in [0.25, 0.3) is 0 Å². The van der Waals surface area contributed by atoms with E-state index in [9.17, 15) is 0 Å². The number of hydrogen-bond donors (Lipinski definition) is 2. The van der Waals surface area contributed by atoms with E-state index in [0.717, 1.165) is 41.3 Å². The zero-order valence-corrected chi connectivity index (χ0v) is 12.6. The van der Waals surface area contributed by atoms with Crippen LogP contribution in [0.3, 0.4) is 0 Å². The van der Waals surface area contributed by atoms with E-state index >= 15 is 0 Å². The molecule has 6 heteroatoms. The van der Waals surface area contributed by atoms with Gasteiger partial charge in [-0.15, -0.1) is 11.3 Å². The number of thiazole rings is 1. The van der Waals surface area contributed by atoms with Gasteiger partial charge in [0.1, 0.15) is 10.8 Å². The fourth-order valence-electron chi connectivity index (χ4n) is 1.95. The van der Waals surface area contributed by atoms with Gasteiger partial charge in [-0.2, -0.15) is 0 Å². The van der Waals surface area contributed by atoms with Gasteiger partial charge in [-0.25, -0.2) is 9.97 Å². The largest absolute Gasteiger partial charge is 0.389 e. The molecular formula is C13H16N4S2. The van der Waals surface area contributed by atoms with Gasteiger partial charge in [0, 0.05) is 24.0 Å². The van der Waals surface area contributed by atoms with Crippen molar-refractivity contribution in [3.05, 3.63) is 39.5 Å². The zero-order chi connectivity index (χ0) is 13.8. The molecule has 4 nitrogen and oxygen atoms in total. The van der Waals surface area contributed by atoms with Crippen LogP contribution in [0, 0.1) is 13.8 Å². The number of aryl methyl sites for hydroxylation is 2. The Morgan fingerprint density at radius 1 is 1.47 bits per heavy atom. The molecule has 0 radical (unpaired) electrons. The maximum atomic E-state index is 5.77. The Hall–Kier alpha value is -1.53. The molecule has 0 saturated heterocycles. The number of nitrogens with one attached hydrogen (secondary N) is 1. The molecule has 0 aliphatic heterocycles. The number of aromatic nitrogens is 2. The highest BCUT2D eigenvalue weighted by Crippen LogP contribution is 2.18. The maximum absolute atomic E-state index is 5.77. The van der Waals surface area contributed by atoms with E-state index in [1.807, 2.05) is 30.8 Å². The van der Waals surface area contributed by atoms with Crippen molar-refractivity contribution < 1.29 is 0 Å². The quantitative estimate of drug-likeness (QED) is 0.829. The average Bonchev–Trinajstić information content (AvgIpc) is 2.80. The summed E-state index contributed by atoms with van der Waals surface area (Å²) in [4.78, 5) is 9.10. The Balaban J connectivity index is 2.12. The van der Waals surface area contributed by atoms with E-state index in [1.54, 1.807) is 11.3 Å². The number of hydrogen-bond acceptors (Lipinski definition) is 5. The second-order valence-corrected chi connectivity index (χ2v) is 5.48. The van der Waals surface area contributed by atoms with Gasteiger partial charge in [0.2, 0.25) is 0 Å². The van der Waals surface area contributed by atoms with Crippen molar-refractivity contribution in [2.75, 3.05) is 11.9 Å². The zero-order valence-electron chi connectivity index (χ0n) is 10.9. The van der Waals surface area contributed by atoms with Crippen LogP contribution in [-0.2, 0) is 6.42 Å². The first kappa shape index (κ1) is 13.9. The van der Waals surface area contributed by atoms with E-state index < -0.39 is 0 Å². The third-order valence-electron chi connectivity index (χ3n) is 2.75. The summed E-state index contributed by atoms with van der Waals surface area (Å²) in [6.45, 7) is 4.71. The van der Waals surface area contributed by atoms with Gasteiger partial charge >= 0.3 is 0 Å². The molecule has 3 N–H and O–H groups in total. The van der Waals surface area contributed by atoms with Crippen molar-refractivity contribution in [3.63, 3.8) is 0 Å². The topological polar surface area (TPSA) is 63.8 Å². The summed E-state index contributed by atoms with van der Waals surface area (Å²) in [6.07, 6.45) is 0.856. The lowest BCUT2D eigenvalue weighted by atomic mass is 10.1. The molecule has 2 aromatic heterocycles. The van der Waals surface area contributed by atoms with Crippen LogP contribution >= 0.6 is 23.6 Å². The lowest BCUT2D eigenvalue weighted by molar-refractivity contribution is 0.963. The van der Waals surface area contributed by atoms with Crippen LogP contribution in [0.1, 0.15) is 22.5 Å². The van der Waals surface area contributed by atoms with Crippen molar-refractivity contribution in [2.24, 2.45) is 5.73 Å². The molecule has 2 heterocycles. The highest BCUT2D eigenvalue weighted by molar-refractivity contribution is 7.80. The summed E-state index contributed by atoms with van der Waals surface area (Å²) in [7, 11) is 0. The molecule has 0 fully saturated rings. The highest BCUT2D eigenvalue weighted by atomic mass is 32.1. The smallest absolute Gasteiger partial charge is 0.136 e. The van der Waals surface area contributed by atoms with Crippen molar-refractivity contribution in [1.29, 1.82) is 0 Å². The number of thiocarbonyl (C=S) groups is 1. The lowest BCUT2D eigenvalue weighted by Crippen LogP contribution is -2.18. The first-order valence-electron chi connectivity index (χ1n) is 5.97. The molecular weight excluding hydrogens is 276 g/mol. The van der Waals surface area contributed by atoms with Gasteiger partial charge in [-0.3, -0.25) is 0 Å². The van der Waals surface area contributed by atoms with E-state index in [4.69, 9.17) is 18.0 Å². The average molecular weight is 292 g/mol. The van der Waals surface area contributed by atoms with Crippen LogP contribution in [-0.4, -0.2) is 21.5 Å². The molecule has 2 aromatic rings. The molecule has 0 atom stereocenters. The van der Waals surface area contributed by atoms with Crippen LogP contribution in [0.5, 0.6) is 0 Å². The molecule has 0 aliphatic rings. The number of anilines is 1. The Kier molecular flexibility index (Phi) is 4.44. The lowest BCUT2D eigenvalue weighted by Gasteiger charge is -2.13. The number of nitrogens with zero attached hydrogens (tertiary/aromatic N) is 2. The SMILES string of the molecule is Cc1cc(C)c(C(N)=S)c(NCCc2cscn2)n1. The van der Waals surface area contributed by atoms with E-state index in [0.29, 0.717) is 4.99 Å². The molecule has 100 valence electrons. The summed E-state index contributed by atoms with van der Waals surface area (Å²) in [6, 6.07) is 1.99. The Labute approximate surface area is 122 Å². The van der Waals surface area contributed by atoms with Gasteiger partial charge < -0.3 is 11.1 Å². The Morgan fingerprint density at radius 3 is 2.89 bits per heavy atom. The monoisotopic (exact) mass is 292 g/mol. The Morgan fingerprint density at radius 2 is 2.26 bits per heavy atom. The predicted molar refractivity (Wildman–Crippen MR) is 83.9 cm³/mol. The van der Waals surface area contributed by atoms with Gasteiger partial charge in [-0.1, -0.05) is 12.2 Å². The minimum absolute atomic E-state index is 0.376. The van der Waals surface area contributed by atoms with Crippen LogP contribution in [0.4, 0.5) is 5.82 Å². The number of nitrogens with two attached hydrogens (primary N) is 1. The second-order valence-electron chi connectivity index (χ2n) is 4.32. The van der Waals surface area contributed by atoms with Crippen LogP contribution < -0.4 is 11.1 Å². The minimum Gasteiger partial charge on any atom is -0.389 e. The Bertz CT molecular complexity index is 579. The van der Waals surface area contributed by atoms with E-state index in [2.05, 4.69) is 15.3 Å². The minimum atomic E-state index is 0.376. The normalized spacial score (nSPS) is 10.4.